The van der Waals surface area contributed by atoms with Gasteiger partial charge in [-0.3, -0.25) is 9.97 Å². The monoisotopic (exact) mass is 450 g/mol. The van der Waals surface area contributed by atoms with E-state index in [1.165, 1.54) is 0 Å². The van der Waals surface area contributed by atoms with Crippen LogP contribution in [-0.4, -0.2) is 26.1 Å². The third-order valence-electron chi connectivity index (χ3n) is 4.34. The highest BCUT2D eigenvalue weighted by molar-refractivity contribution is 6.84. The van der Waals surface area contributed by atoms with Crippen LogP contribution in [0.1, 0.15) is 11.1 Å². The molecule has 0 atom stereocenters. The molecule has 0 aliphatic rings. The number of pyridine rings is 2. The fourth-order valence-electron chi connectivity index (χ4n) is 2.80. The van der Waals surface area contributed by atoms with Crippen LogP contribution >= 0.6 is 0 Å². The summed E-state index contributed by atoms with van der Waals surface area (Å²) in [5.74, 6) is 6.45. The van der Waals surface area contributed by atoms with Gasteiger partial charge in [0.2, 0.25) is 0 Å². The Morgan fingerprint density at radius 1 is 0.562 bits per heavy atom. The van der Waals surface area contributed by atoms with Gasteiger partial charge in [-0.25, -0.2) is 0 Å². The topological polar surface area (TPSA) is 25.8 Å². The van der Waals surface area contributed by atoms with Crippen molar-refractivity contribution in [1.29, 1.82) is 0 Å². The summed E-state index contributed by atoms with van der Waals surface area (Å²) in [5.41, 5.74) is 10.8. The highest BCUT2D eigenvalue weighted by atomic mass is 28.3. The van der Waals surface area contributed by atoms with Crippen molar-refractivity contribution in [2.24, 2.45) is 0 Å². The minimum Gasteiger partial charge on any atom is -0.255 e. The second kappa shape index (κ2) is 9.96. The number of nitrogens with zero attached hydrogens (tertiary/aromatic N) is 2. The number of benzene rings is 2. The van der Waals surface area contributed by atoms with Crippen molar-refractivity contribution >= 4 is 38.0 Å². The minimum absolute atomic E-state index is 1.01. The van der Waals surface area contributed by atoms with Crippen molar-refractivity contribution in [2.45, 2.75) is 39.3 Å². The first-order valence-corrected chi connectivity index (χ1v) is 17.9. The van der Waals surface area contributed by atoms with Gasteiger partial charge in [-0.2, -0.15) is 0 Å². The number of para-hydroxylation sites is 2. The van der Waals surface area contributed by atoms with Crippen LogP contribution in [0.25, 0.3) is 21.8 Å². The molecule has 0 unspecified atom stereocenters. The third-order valence-corrected chi connectivity index (χ3v) is 6.09. The maximum atomic E-state index is 4.39. The zero-order chi connectivity index (χ0) is 23.2. The lowest BCUT2D eigenvalue weighted by atomic mass is 10.2. The summed E-state index contributed by atoms with van der Waals surface area (Å²) >= 11 is 0. The summed E-state index contributed by atoms with van der Waals surface area (Å²) in [6.07, 6.45) is 3.71. The summed E-state index contributed by atoms with van der Waals surface area (Å²) < 4.78 is 0. The maximum Gasteiger partial charge on any atom is 0.129 e. The van der Waals surface area contributed by atoms with Crippen molar-refractivity contribution in [1.82, 2.24) is 9.97 Å². The van der Waals surface area contributed by atoms with Gasteiger partial charge in [-0.1, -0.05) is 87.5 Å². The Bertz CT molecular complexity index is 1250. The molecule has 2 aromatic carbocycles. The summed E-state index contributed by atoms with van der Waals surface area (Å²) in [5, 5.41) is 2.31. The highest BCUT2D eigenvalue weighted by Crippen LogP contribution is 2.13. The van der Waals surface area contributed by atoms with Gasteiger partial charge in [0.15, 0.2) is 0 Å². The summed E-state index contributed by atoms with van der Waals surface area (Å²) in [6.45, 7) is 13.5. The SMILES string of the molecule is C[Si](C)(C)C#Cc1cnc2ccccc2c1.C[Si](C)(C)C#Cc1cnc2ccccc2c1. The lowest BCUT2D eigenvalue weighted by Gasteiger charge is -2.03. The molecule has 0 fully saturated rings. The van der Waals surface area contributed by atoms with Crippen molar-refractivity contribution in [3.05, 3.63) is 84.2 Å². The number of fused-ring (bicyclic) bond motifs is 2. The number of hydrogen-bond donors (Lipinski definition) is 0. The molecule has 4 aromatic rings. The second-order valence-electron chi connectivity index (χ2n) is 9.83. The quantitative estimate of drug-likeness (QED) is 0.214. The Morgan fingerprint density at radius 3 is 1.31 bits per heavy atom. The number of aromatic nitrogens is 2. The van der Waals surface area contributed by atoms with Crippen LogP contribution in [-0.2, 0) is 0 Å². The molecule has 0 aliphatic carbocycles. The molecule has 0 bridgehead atoms. The molecule has 0 aliphatic heterocycles. The van der Waals surface area contributed by atoms with E-state index in [4.69, 9.17) is 0 Å². The Kier molecular flexibility index (Phi) is 7.31. The standard InChI is InChI=1S/2C14H15NSi/c2*1-16(2,3)9-8-12-10-13-6-4-5-7-14(13)15-11-12/h2*4-7,10-11H,1-3H3. The van der Waals surface area contributed by atoms with Gasteiger partial charge < -0.3 is 0 Å². The molecule has 2 nitrogen and oxygen atoms in total. The van der Waals surface area contributed by atoms with Crippen molar-refractivity contribution in [3.8, 4) is 22.9 Å². The van der Waals surface area contributed by atoms with E-state index in [2.05, 4.69) is 96.4 Å². The average Bonchev–Trinajstić information content (AvgIpc) is 2.75. The molecule has 0 saturated carbocycles. The summed E-state index contributed by atoms with van der Waals surface area (Å²) in [4.78, 5) is 8.79. The zero-order valence-corrected chi connectivity index (χ0v) is 21.8. The van der Waals surface area contributed by atoms with Crippen LogP contribution in [0.2, 0.25) is 39.3 Å². The molecule has 0 radical (unpaired) electrons. The first-order valence-electron chi connectivity index (χ1n) is 10.9. The largest absolute Gasteiger partial charge is 0.255 e. The fraction of sp³-hybridized carbons (Fsp3) is 0.214. The molecular formula is C28H30N2Si2. The molecule has 32 heavy (non-hydrogen) atoms. The lowest BCUT2D eigenvalue weighted by molar-refractivity contribution is 1.39. The Labute approximate surface area is 194 Å². The minimum atomic E-state index is -1.30. The van der Waals surface area contributed by atoms with E-state index in [9.17, 15) is 0 Å². The van der Waals surface area contributed by atoms with E-state index >= 15 is 0 Å². The number of rotatable bonds is 0. The molecule has 0 N–H and O–H groups in total. The zero-order valence-electron chi connectivity index (χ0n) is 19.8. The van der Waals surface area contributed by atoms with Gasteiger partial charge in [-0.15, -0.1) is 11.1 Å². The fourth-order valence-corrected chi connectivity index (χ4v) is 3.84. The van der Waals surface area contributed by atoms with Crippen LogP contribution < -0.4 is 0 Å². The summed E-state index contributed by atoms with van der Waals surface area (Å²) in [6, 6.07) is 20.5. The van der Waals surface area contributed by atoms with Gasteiger partial charge >= 0.3 is 0 Å². The average molecular weight is 451 g/mol. The van der Waals surface area contributed by atoms with Gasteiger partial charge in [0.25, 0.3) is 0 Å². The number of hydrogen-bond acceptors (Lipinski definition) is 2. The van der Waals surface area contributed by atoms with Gasteiger partial charge in [0, 0.05) is 34.3 Å². The predicted octanol–water partition coefficient (Wildman–Crippen LogP) is 6.93. The molecule has 0 saturated heterocycles. The maximum absolute atomic E-state index is 4.39. The molecule has 0 amide bonds. The Balaban J connectivity index is 0.000000181. The van der Waals surface area contributed by atoms with Gasteiger partial charge in [-0.05, 0) is 24.3 Å². The third kappa shape index (κ3) is 7.50. The van der Waals surface area contributed by atoms with Crippen LogP contribution in [0, 0.1) is 22.9 Å². The molecule has 0 spiro atoms. The molecule has 4 rings (SSSR count). The van der Waals surface area contributed by atoms with Gasteiger partial charge in [0.1, 0.15) is 16.1 Å². The van der Waals surface area contributed by atoms with Crippen LogP contribution in [0.15, 0.2) is 73.1 Å². The smallest absolute Gasteiger partial charge is 0.129 e. The molecule has 2 aromatic heterocycles. The Hall–Kier alpha value is -3.19. The molecular weight excluding hydrogens is 420 g/mol. The van der Waals surface area contributed by atoms with Crippen LogP contribution in [0.5, 0.6) is 0 Å². The van der Waals surface area contributed by atoms with Crippen LogP contribution in [0.3, 0.4) is 0 Å². The van der Waals surface area contributed by atoms with E-state index in [1.807, 2.05) is 48.8 Å². The normalized spacial score (nSPS) is 10.9. The van der Waals surface area contributed by atoms with Crippen LogP contribution in [0.4, 0.5) is 0 Å². The van der Waals surface area contributed by atoms with E-state index < -0.39 is 16.1 Å². The molecule has 160 valence electrons. The first kappa shape index (κ1) is 23.5. The van der Waals surface area contributed by atoms with E-state index in [1.54, 1.807) is 0 Å². The van der Waals surface area contributed by atoms with Crippen molar-refractivity contribution < 1.29 is 0 Å². The predicted molar refractivity (Wildman–Crippen MR) is 144 cm³/mol. The Morgan fingerprint density at radius 2 is 0.938 bits per heavy atom. The molecule has 2 heterocycles. The highest BCUT2D eigenvalue weighted by Gasteiger charge is 2.08. The molecule has 4 heteroatoms. The van der Waals surface area contributed by atoms with E-state index in [0.29, 0.717) is 0 Å². The van der Waals surface area contributed by atoms with Gasteiger partial charge in [0.05, 0.1) is 11.0 Å². The van der Waals surface area contributed by atoms with Crippen molar-refractivity contribution in [3.63, 3.8) is 0 Å². The second-order valence-corrected chi connectivity index (χ2v) is 19.3. The van der Waals surface area contributed by atoms with E-state index in [0.717, 1.165) is 32.9 Å². The first-order chi connectivity index (χ1) is 15.1. The van der Waals surface area contributed by atoms with E-state index in [-0.39, 0.29) is 0 Å². The van der Waals surface area contributed by atoms with Crippen molar-refractivity contribution in [2.75, 3.05) is 0 Å². The lowest BCUT2D eigenvalue weighted by Crippen LogP contribution is -2.16. The summed E-state index contributed by atoms with van der Waals surface area (Å²) in [7, 11) is -2.59.